The molecule has 0 fully saturated rings. The summed E-state index contributed by atoms with van der Waals surface area (Å²) in [4.78, 5) is 30.8. The minimum atomic E-state index is -0.518. The molecule has 0 saturated heterocycles. The maximum atomic E-state index is 16.3. The molecule has 0 radical (unpaired) electrons. The Morgan fingerprint density at radius 2 is 1.82 bits per heavy atom. The Bertz CT molecular complexity index is 2020. The maximum Gasteiger partial charge on any atom is 0.224 e. The highest BCUT2D eigenvalue weighted by atomic mass is 19.1. The fraction of sp³-hybridized carbons (Fsp3) is 0.242. The first-order valence-electron chi connectivity index (χ1n) is 14.6. The van der Waals surface area contributed by atoms with Crippen LogP contribution < -0.4 is 10.6 Å². The monoisotopic (exact) mass is 609 g/mol. The van der Waals surface area contributed by atoms with Crippen LogP contribution in [0.5, 0.6) is 0 Å². The Labute approximate surface area is 258 Å². The number of amides is 1. The number of H-pyrrole nitrogens is 2. The zero-order valence-corrected chi connectivity index (χ0v) is 25.4. The number of benzene rings is 2. The van der Waals surface area contributed by atoms with Crippen LogP contribution in [0.25, 0.3) is 55.8 Å². The van der Waals surface area contributed by atoms with Crippen LogP contribution in [0.2, 0.25) is 0 Å². The van der Waals surface area contributed by atoms with Crippen LogP contribution in [0.1, 0.15) is 20.3 Å². The van der Waals surface area contributed by atoms with E-state index in [9.17, 15) is 9.18 Å². The number of nitrogens with zero attached hydrogens (tertiary/aromatic N) is 5. The number of aromatic nitrogens is 6. The molecule has 4 heterocycles. The quantitative estimate of drug-likeness (QED) is 0.140. The second-order valence-corrected chi connectivity index (χ2v) is 11.6. The van der Waals surface area contributed by atoms with Gasteiger partial charge in [-0.1, -0.05) is 13.8 Å². The van der Waals surface area contributed by atoms with E-state index in [2.05, 4.69) is 40.8 Å². The average Bonchev–Trinajstić information content (AvgIpc) is 3.61. The van der Waals surface area contributed by atoms with Crippen LogP contribution in [0.15, 0.2) is 61.1 Å². The SMILES string of the molecule is CC(C)CC(=O)Nc1cncc(-c2ccc3[nH]nc(-c4nc5nccc(-c6cc(F)cc(NCCN(C)C)c6)c5[nH]4)c3c2F)c1. The van der Waals surface area contributed by atoms with Crippen molar-refractivity contribution in [3.8, 4) is 33.8 Å². The molecule has 0 spiro atoms. The van der Waals surface area contributed by atoms with E-state index in [1.165, 1.54) is 18.3 Å². The van der Waals surface area contributed by atoms with Crippen LogP contribution in [-0.2, 0) is 4.79 Å². The van der Waals surface area contributed by atoms with Crippen molar-refractivity contribution in [3.05, 3.63) is 72.7 Å². The molecule has 6 aromatic rings. The molecule has 4 N–H and O–H groups in total. The van der Waals surface area contributed by atoms with E-state index in [0.29, 0.717) is 69.1 Å². The topological polar surface area (TPSA) is 128 Å². The standard InChI is InChI=1S/C33H33F2N9O/c1-18(2)11-27(45)39-23-14-20(16-36-17-23)24-5-6-26-28(29(24)35)31(43-42-26)33-40-30-25(7-8-38-32(30)41-33)19-12-21(34)15-22(13-19)37-9-10-44(3)4/h5-8,12-18,37H,9-11H2,1-4H3,(H,39,45)(H,42,43)(H,38,40,41). The molecule has 0 unspecified atom stereocenters. The van der Waals surface area contributed by atoms with Gasteiger partial charge in [-0.25, -0.2) is 18.7 Å². The minimum absolute atomic E-state index is 0.134. The number of carbonyl (C=O) groups excluding carboxylic acids is 1. The lowest BCUT2D eigenvalue weighted by molar-refractivity contribution is -0.116. The summed E-state index contributed by atoms with van der Waals surface area (Å²) >= 11 is 0. The molecule has 4 aromatic heterocycles. The van der Waals surface area contributed by atoms with Gasteiger partial charge in [-0.3, -0.25) is 14.9 Å². The number of halogens is 2. The number of nitrogens with one attached hydrogen (secondary N) is 4. The molecule has 1 amide bonds. The molecule has 10 nitrogen and oxygen atoms in total. The van der Waals surface area contributed by atoms with Crippen LogP contribution >= 0.6 is 0 Å². The number of hydrogen-bond donors (Lipinski definition) is 4. The zero-order chi connectivity index (χ0) is 31.7. The van der Waals surface area contributed by atoms with Gasteiger partial charge in [0.1, 0.15) is 17.3 Å². The number of imidazole rings is 1. The van der Waals surface area contributed by atoms with Gasteiger partial charge < -0.3 is 20.5 Å². The van der Waals surface area contributed by atoms with Gasteiger partial charge in [-0.05, 0) is 68.0 Å². The van der Waals surface area contributed by atoms with Crippen LogP contribution in [0.4, 0.5) is 20.2 Å². The first kappa shape index (κ1) is 29.8. The third-order valence-corrected chi connectivity index (χ3v) is 7.31. The van der Waals surface area contributed by atoms with Crippen molar-refractivity contribution in [1.82, 2.24) is 35.0 Å². The molecule has 230 valence electrons. The summed E-state index contributed by atoms with van der Waals surface area (Å²) in [5.41, 5.74) is 4.96. The van der Waals surface area contributed by atoms with Gasteiger partial charge in [0.2, 0.25) is 5.91 Å². The van der Waals surface area contributed by atoms with E-state index in [4.69, 9.17) is 0 Å². The second-order valence-electron chi connectivity index (χ2n) is 11.6. The number of anilines is 2. The van der Waals surface area contributed by atoms with Crippen LogP contribution in [0.3, 0.4) is 0 Å². The fourth-order valence-electron chi connectivity index (χ4n) is 5.24. The van der Waals surface area contributed by atoms with Gasteiger partial charge in [0, 0.05) is 54.3 Å². The predicted octanol–water partition coefficient (Wildman–Crippen LogP) is 6.47. The van der Waals surface area contributed by atoms with E-state index in [1.54, 1.807) is 36.7 Å². The lowest BCUT2D eigenvalue weighted by Crippen LogP contribution is -2.20. The largest absolute Gasteiger partial charge is 0.384 e. The van der Waals surface area contributed by atoms with Gasteiger partial charge in [0.05, 0.1) is 28.3 Å². The number of pyridine rings is 2. The highest BCUT2D eigenvalue weighted by Crippen LogP contribution is 2.36. The summed E-state index contributed by atoms with van der Waals surface area (Å²) in [7, 11) is 3.95. The van der Waals surface area contributed by atoms with E-state index in [1.807, 2.05) is 38.9 Å². The molecule has 2 aromatic carbocycles. The summed E-state index contributed by atoms with van der Waals surface area (Å²) in [6.45, 7) is 5.37. The first-order valence-corrected chi connectivity index (χ1v) is 14.6. The molecule has 0 aliphatic heterocycles. The average molecular weight is 610 g/mol. The molecule has 0 saturated carbocycles. The summed E-state index contributed by atoms with van der Waals surface area (Å²) in [6, 6.07) is 11.6. The van der Waals surface area contributed by atoms with E-state index < -0.39 is 5.82 Å². The fourth-order valence-corrected chi connectivity index (χ4v) is 5.24. The molecule has 6 rings (SSSR count). The Hall–Kier alpha value is -5.23. The Morgan fingerprint density at radius 3 is 2.62 bits per heavy atom. The molecule has 0 aliphatic carbocycles. The van der Waals surface area contributed by atoms with Crippen molar-refractivity contribution in [2.24, 2.45) is 5.92 Å². The van der Waals surface area contributed by atoms with Crippen molar-refractivity contribution in [2.75, 3.05) is 37.8 Å². The molecular weight excluding hydrogens is 576 g/mol. The molecule has 45 heavy (non-hydrogen) atoms. The third-order valence-electron chi connectivity index (χ3n) is 7.31. The predicted molar refractivity (Wildman–Crippen MR) is 173 cm³/mol. The Balaban J connectivity index is 1.37. The summed E-state index contributed by atoms with van der Waals surface area (Å²) < 4.78 is 30.9. The van der Waals surface area contributed by atoms with Gasteiger partial charge in [0.25, 0.3) is 0 Å². The lowest BCUT2D eigenvalue weighted by Gasteiger charge is -2.13. The van der Waals surface area contributed by atoms with Crippen molar-refractivity contribution in [2.45, 2.75) is 20.3 Å². The zero-order valence-electron chi connectivity index (χ0n) is 25.4. The van der Waals surface area contributed by atoms with Crippen LogP contribution in [0, 0.1) is 17.6 Å². The molecule has 12 heteroatoms. The van der Waals surface area contributed by atoms with Crippen molar-refractivity contribution in [1.29, 1.82) is 0 Å². The minimum Gasteiger partial charge on any atom is -0.384 e. The van der Waals surface area contributed by atoms with E-state index >= 15 is 4.39 Å². The summed E-state index contributed by atoms with van der Waals surface area (Å²) in [5.74, 6) is -0.524. The summed E-state index contributed by atoms with van der Waals surface area (Å²) in [5, 5.41) is 13.6. The molecule has 0 aliphatic rings. The number of hydrogen-bond acceptors (Lipinski definition) is 7. The third kappa shape index (κ3) is 6.36. The van der Waals surface area contributed by atoms with Gasteiger partial charge in [0.15, 0.2) is 11.5 Å². The van der Waals surface area contributed by atoms with Crippen LogP contribution in [-0.4, -0.2) is 68.1 Å². The number of fused-ring (bicyclic) bond motifs is 2. The van der Waals surface area contributed by atoms with Crippen molar-refractivity contribution < 1.29 is 13.6 Å². The van der Waals surface area contributed by atoms with Gasteiger partial charge >= 0.3 is 0 Å². The van der Waals surface area contributed by atoms with E-state index in [0.717, 1.165) is 6.54 Å². The smallest absolute Gasteiger partial charge is 0.224 e. The van der Waals surface area contributed by atoms with E-state index in [-0.39, 0.29) is 28.7 Å². The number of likely N-dealkylation sites (N-methyl/N-ethyl adjacent to an activating group) is 1. The highest BCUT2D eigenvalue weighted by Gasteiger charge is 2.21. The molecular formula is C33H33F2N9O. The Morgan fingerprint density at radius 1 is 1.00 bits per heavy atom. The van der Waals surface area contributed by atoms with Gasteiger partial charge in [-0.15, -0.1) is 0 Å². The van der Waals surface area contributed by atoms with Crippen molar-refractivity contribution in [3.63, 3.8) is 0 Å². The lowest BCUT2D eigenvalue weighted by atomic mass is 10.0. The van der Waals surface area contributed by atoms with Crippen molar-refractivity contribution >= 4 is 39.3 Å². The molecule has 0 atom stereocenters. The normalized spacial score (nSPS) is 11.6. The maximum absolute atomic E-state index is 16.3. The summed E-state index contributed by atoms with van der Waals surface area (Å²) in [6.07, 6.45) is 5.04. The number of aromatic amines is 2. The first-order chi connectivity index (χ1) is 21.7. The number of carbonyl (C=O) groups is 1. The Kier molecular flexibility index (Phi) is 8.22. The number of rotatable bonds is 10. The second kappa shape index (κ2) is 12.4. The highest BCUT2D eigenvalue weighted by molar-refractivity contribution is 5.98. The molecule has 0 bridgehead atoms. The van der Waals surface area contributed by atoms with Gasteiger partial charge in [-0.2, -0.15) is 5.10 Å².